The first-order chi connectivity index (χ1) is 13.5. The molecule has 1 heterocycles. The summed E-state index contributed by atoms with van der Waals surface area (Å²) in [5.74, 6) is 2.99. The summed E-state index contributed by atoms with van der Waals surface area (Å²) in [6.45, 7) is 4.47. The van der Waals surface area contributed by atoms with E-state index in [4.69, 9.17) is 13.9 Å². The van der Waals surface area contributed by atoms with Crippen molar-refractivity contribution in [2.75, 3.05) is 20.0 Å². The lowest BCUT2D eigenvalue weighted by atomic mass is 9.78. The predicted octanol–water partition coefficient (Wildman–Crippen LogP) is 3.79. The number of carbonyl (C=O) groups excluding carboxylic acids is 1. The van der Waals surface area contributed by atoms with Gasteiger partial charge in [0.2, 0.25) is 11.8 Å². The molecule has 3 rings (SSSR count). The van der Waals surface area contributed by atoms with Gasteiger partial charge in [0.15, 0.2) is 11.5 Å². The van der Waals surface area contributed by atoms with E-state index in [0.29, 0.717) is 34.4 Å². The van der Waals surface area contributed by atoms with Crippen LogP contribution in [-0.2, 0) is 4.79 Å². The molecular formula is C20H27N3O4S. The van der Waals surface area contributed by atoms with Crippen molar-refractivity contribution in [2.24, 2.45) is 11.8 Å². The third kappa shape index (κ3) is 4.79. The third-order valence-corrected chi connectivity index (χ3v) is 6.24. The van der Waals surface area contributed by atoms with Crippen molar-refractivity contribution in [3.05, 3.63) is 18.2 Å². The Bertz CT molecular complexity index is 810. The van der Waals surface area contributed by atoms with Crippen molar-refractivity contribution in [2.45, 2.75) is 44.4 Å². The van der Waals surface area contributed by atoms with Gasteiger partial charge in [-0.3, -0.25) is 4.79 Å². The summed E-state index contributed by atoms with van der Waals surface area (Å²) in [5.41, 5.74) is 0.728. The Hall–Kier alpha value is -2.22. The molecule has 0 spiro atoms. The quantitative estimate of drug-likeness (QED) is 0.701. The maximum Gasteiger partial charge on any atom is 0.277 e. The molecule has 28 heavy (non-hydrogen) atoms. The van der Waals surface area contributed by atoms with Crippen molar-refractivity contribution in [3.63, 3.8) is 0 Å². The van der Waals surface area contributed by atoms with Gasteiger partial charge >= 0.3 is 0 Å². The molecular weight excluding hydrogens is 378 g/mol. The van der Waals surface area contributed by atoms with E-state index in [1.165, 1.54) is 24.6 Å². The maximum atomic E-state index is 12.3. The summed E-state index contributed by atoms with van der Waals surface area (Å²) < 4.78 is 16.2. The molecule has 7 nitrogen and oxygen atoms in total. The van der Waals surface area contributed by atoms with Gasteiger partial charge in [0, 0.05) is 11.6 Å². The van der Waals surface area contributed by atoms with Gasteiger partial charge in [-0.25, -0.2) is 0 Å². The van der Waals surface area contributed by atoms with Gasteiger partial charge in [0.05, 0.1) is 20.0 Å². The summed E-state index contributed by atoms with van der Waals surface area (Å²) in [6, 6.07) is 5.63. The van der Waals surface area contributed by atoms with Gasteiger partial charge in [0.25, 0.3) is 5.22 Å². The second kappa shape index (κ2) is 9.32. The van der Waals surface area contributed by atoms with Crippen LogP contribution in [0.25, 0.3) is 11.5 Å². The fourth-order valence-electron chi connectivity index (χ4n) is 3.52. The number of rotatable bonds is 7. The molecule has 8 heteroatoms. The van der Waals surface area contributed by atoms with Gasteiger partial charge in [-0.05, 0) is 36.5 Å². The smallest absolute Gasteiger partial charge is 0.277 e. The number of hydrogen-bond donors (Lipinski definition) is 1. The molecule has 1 saturated carbocycles. The summed E-state index contributed by atoms with van der Waals surface area (Å²) in [5, 5.41) is 11.6. The number of benzene rings is 1. The van der Waals surface area contributed by atoms with Crippen molar-refractivity contribution >= 4 is 17.7 Å². The van der Waals surface area contributed by atoms with Crippen LogP contribution in [0.15, 0.2) is 27.8 Å². The first-order valence-corrected chi connectivity index (χ1v) is 10.5. The Morgan fingerprint density at radius 2 is 2.00 bits per heavy atom. The number of aromatic nitrogens is 2. The Balaban J connectivity index is 1.57. The summed E-state index contributed by atoms with van der Waals surface area (Å²) >= 11 is 1.24. The maximum absolute atomic E-state index is 12.3. The molecule has 3 atom stereocenters. The second-order valence-electron chi connectivity index (χ2n) is 7.17. The Morgan fingerprint density at radius 3 is 2.75 bits per heavy atom. The zero-order valence-corrected chi connectivity index (χ0v) is 17.5. The van der Waals surface area contributed by atoms with Gasteiger partial charge < -0.3 is 19.2 Å². The summed E-state index contributed by atoms with van der Waals surface area (Å²) in [6.07, 6.45) is 3.46. The van der Waals surface area contributed by atoms with Gasteiger partial charge in [-0.15, -0.1) is 10.2 Å². The molecule has 1 aliphatic rings. The highest BCUT2D eigenvalue weighted by Crippen LogP contribution is 2.33. The van der Waals surface area contributed by atoms with E-state index >= 15 is 0 Å². The molecule has 1 fully saturated rings. The monoisotopic (exact) mass is 405 g/mol. The van der Waals surface area contributed by atoms with E-state index in [0.717, 1.165) is 12.0 Å². The van der Waals surface area contributed by atoms with Crippen LogP contribution in [0, 0.1) is 11.8 Å². The highest BCUT2D eigenvalue weighted by atomic mass is 32.2. The average Bonchev–Trinajstić information content (AvgIpc) is 3.18. The summed E-state index contributed by atoms with van der Waals surface area (Å²) in [7, 11) is 3.15. The zero-order chi connectivity index (χ0) is 20.1. The highest BCUT2D eigenvalue weighted by molar-refractivity contribution is 7.99. The van der Waals surface area contributed by atoms with Crippen molar-refractivity contribution in [1.82, 2.24) is 15.5 Å². The number of nitrogens with one attached hydrogen (secondary N) is 1. The molecule has 0 aliphatic heterocycles. The number of amides is 1. The van der Waals surface area contributed by atoms with Crippen LogP contribution in [0.2, 0.25) is 0 Å². The average molecular weight is 406 g/mol. The standard InChI is InChI=1S/C20H27N3O4S/c1-12-6-5-7-15(13(12)2)21-18(24)11-28-20-23-22-19(27-20)14-8-9-16(25-3)17(10-14)26-4/h8-10,12-13,15H,5-7,11H2,1-4H3,(H,21,24). The number of thioether (sulfide) groups is 1. The van der Waals surface area contributed by atoms with E-state index < -0.39 is 0 Å². The molecule has 3 unspecified atom stereocenters. The number of nitrogens with zero attached hydrogens (tertiary/aromatic N) is 2. The number of hydrogen-bond acceptors (Lipinski definition) is 7. The number of carbonyl (C=O) groups is 1. The fraction of sp³-hybridized carbons (Fsp3) is 0.550. The van der Waals surface area contributed by atoms with Crippen LogP contribution in [0.3, 0.4) is 0 Å². The minimum Gasteiger partial charge on any atom is -0.493 e. The first kappa shape index (κ1) is 20.5. The van der Waals surface area contributed by atoms with Crippen LogP contribution in [0.1, 0.15) is 33.1 Å². The normalized spacial score (nSPS) is 21.9. The minimum absolute atomic E-state index is 0.00168. The van der Waals surface area contributed by atoms with Crippen molar-refractivity contribution in [3.8, 4) is 23.0 Å². The lowest BCUT2D eigenvalue weighted by molar-refractivity contribution is -0.120. The molecule has 1 N–H and O–H groups in total. The fourth-order valence-corrected chi connectivity index (χ4v) is 4.09. The molecule has 1 aliphatic carbocycles. The van der Waals surface area contributed by atoms with E-state index in [2.05, 4.69) is 29.4 Å². The van der Waals surface area contributed by atoms with Crippen molar-refractivity contribution in [1.29, 1.82) is 0 Å². The molecule has 152 valence electrons. The SMILES string of the molecule is COc1ccc(-c2nnc(SCC(=O)NC3CCCC(C)C3C)o2)cc1OC. The third-order valence-electron chi connectivity index (χ3n) is 5.42. The van der Waals surface area contributed by atoms with E-state index in [9.17, 15) is 4.79 Å². The van der Waals surface area contributed by atoms with E-state index in [-0.39, 0.29) is 17.7 Å². The highest BCUT2D eigenvalue weighted by Gasteiger charge is 2.28. The Kier molecular flexibility index (Phi) is 6.83. The van der Waals surface area contributed by atoms with Crippen LogP contribution in [0.5, 0.6) is 11.5 Å². The molecule has 1 aromatic heterocycles. The van der Waals surface area contributed by atoms with Crippen LogP contribution >= 0.6 is 11.8 Å². The van der Waals surface area contributed by atoms with Crippen LogP contribution in [0.4, 0.5) is 0 Å². The van der Waals surface area contributed by atoms with E-state index in [1.54, 1.807) is 26.4 Å². The van der Waals surface area contributed by atoms with E-state index in [1.807, 2.05) is 6.07 Å². The lowest BCUT2D eigenvalue weighted by Gasteiger charge is -2.34. The molecule has 0 saturated heterocycles. The largest absolute Gasteiger partial charge is 0.493 e. The summed E-state index contributed by atoms with van der Waals surface area (Å²) in [4.78, 5) is 12.3. The molecule has 1 aromatic carbocycles. The number of methoxy groups -OCH3 is 2. The molecule has 0 radical (unpaired) electrons. The van der Waals surface area contributed by atoms with Gasteiger partial charge in [-0.1, -0.05) is 38.5 Å². The molecule has 2 aromatic rings. The second-order valence-corrected chi connectivity index (χ2v) is 8.10. The van der Waals surface area contributed by atoms with Crippen LogP contribution < -0.4 is 14.8 Å². The predicted molar refractivity (Wildman–Crippen MR) is 108 cm³/mol. The first-order valence-electron chi connectivity index (χ1n) is 9.50. The molecule has 0 bridgehead atoms. The van der Waals surface area contributed by atoms with Crippen LogP contribution in [-0.4, -0.2) is 42.1 Å². The lowest BCUT2D eigenvalue weighted by Crippen LogP contribution is -2.44. The Morgan fingerprint density at radius 1 is 1.21 bits per heavy atom. The molecule has 1 amide bonds. The van der Waals surface area contributed by atoms with Gasteiger partial charge in [-0.2, -0.15) is 0 Å². The minimum atomic E-state index is 0.00168. The van der Waals surface area contributed by atoms with Crippen molar-refractivity contribution < 1.29 is 18.7 Å². The topological polar surface area (TPSA) is 86.5 Å². The number of ether oxygens (including phenoxy) is 2. The Labute approximate surface area is 169 Å². The van der Waals surface area contributed by atoms with Gasteiger partial charge in [0.1, 0.15) is 0 Å². The zero-order valence-electron chi connectivity index (χ0n) is 16.7.